The lowest BCUT2D eigenvalue weighted by atomic mass is 10.00. The first-order valence-corrected chi connectivity index (χ1v) is 12.5. The molecule has 0 saturated heterocycles. The number of nitrogens with one attached hydrogen (secondary N) is 2. The molecule has 2 N–H and O–H groups in total. The average molecular weight is 487 g/mol. The van der Waals surface area contributed by atoms with Gasteiger partial charge in [-0.3, -0.25) is 14.3 Å². The van der Waals surface area contributed by atoms with Crippen molar-refractivity contribution in [3.63, 3.8) is 0 Å². The van der Waals surface area contributed by atoms with Crippen LogP contribution in [-0.2, 0) is 11.3 Å². The van der Waals surface area contributed by atoms with E-state index < -0.39 is 0 Å². The van der Waals surface area contributed by atoms with Crippen LogP contribution in [0.2, 0.25) is 0 Å². The third-order valence-corrected chi connectivity index (χ3v) is 6.26. The van der Waals surface area contributed by atoms with Gasteiger partial charge in [-0.25, -0.2) is 0 Å². The number of ether oxygens (including phenoxy) is 2. The molecule has 2 aromatic rings. The molecule has 8 heteroatoms. The Hall–Kier alpha value is -3.03. The third kappa shape index (κ3) is 7.47. The van der Waals surface area contributed by atoms with E-state index in [0.29, 0.717) is 29.7 Å². The maximum Gasteiger partial charge on any atom is 0.272 e. The van der Waals surface area contributed by atoms with Crippen molar-refractivity contribution in [3.8, 4) is 22.8 Å². The van der Waals surface area contributed by atoms with Crippen molar-refractivity contribution in [2.75, 3.05) is 14.2 Å². The highest BCUT2D eigenvalue weighted by molar-refractivity contribution is 5.94. The summed E-state index contributed by atoms with van der Waals surface area (Å²) in [5.41, 5.74) is 1.82. The number of rotatable bonds is 13. The number of amides is 2. The van der Waals surface area contributed by atoms with Crippen molar-refractivity contribution in [2.24, 2.45) is 11.8 Å². The SMILES string of the molecule is CCC(CC)Cn1nc(C(=O)NC(CC(=O)NC(C)C)C(C)C)cc1-c1c(OC)cccc1OC. The predicted molar refractivity (Wildman–Crippen MR) is 139 cm³/mol. The van der Waals surface area contributed by atoms with Crippen molar-refractivity contribution >= 4 is 11.8 Å². The summed E-state index contributed by atoms with van der Waals surface area (Å²) in [6, 6.07) is 7.12. The van der Waals surface area contributed by atoms with Crippen LogP contribution in [0.25, 0.3) is 11.3 Å². The first-order valence-electron chi connectivity index (χ1n) is 12.5. The standard InChI is InChI=1S/C27H42N4O4/c1-9-19(10-2)16-31-22(26-23(34-7)12-11-13-24(26)35-8)14-21(30-31)27(33)29-20(17(3)4)15-25(32)28-18(5)6/h11-14,17-20H,9-10,15-16H2,1-8H3,(H,28,32)(H,29,33). The molecule has 0 saturated carbocycles. The lowest BCUT2D eigenvalue weighted by Gasteiger charge is -2.22. The Labute approximate surface area is 209 Å². The van der Waals surface area contributed by atoms with Gasteiger partial charge in [0.25, 0.3) is 5.91 Å². The summed E-state index contributed by atoms with van der Waals surface area (Å²) < 4.78 is 13.1. The monoisotopic (exact) mass is 486 g/mol. The van der Waals surface area contributed by atoms with Crippen LogP contribution in [0.1, 0.15) is 71.3 Å². The highest BCUT2D eigenvalue weighted by Crippen LogP contribution is 2.39. The van der Waals surface area contributed by atoms with E-state index in [-0.39, 0.29) is 36.2 Å². The first kappa shape index (κ1) is 28.2. The van der Waals surface area contributed by atoms with Crippen molar-refractivity contribution in [1.82, 2.24) is 20.4 Å². The molecule has 1 heterocycles. The van der Waals surface area contributed by atoms with Gasteiger partial charge in [0.05, 0.1) is 25.5 Å². The molecular formula is C27H42N4O4. The molecule has 194 valence electrons. The molecular weight excluding hydrogens is 444 g/mol. The van der Waals surface area contributed by atoms with Crippen LogP contribution in [0.4, 0.5) is 0 Å². The minimum Gasteiger partial charge on any atom is -0.496 e. The largest absolute Gasteiger partial charge is 0.496 e. The van der Waals surface area contributed by atoms with Crippen LogP contribution in [-0.4, -0.2) is 47.9 Å². The smallest absolute Gasteiger partial charge is 0.272 e. The summed E-state index contributed by atoms with van der Waals surface area (Å²) in [5, 5.41) is 10.6. The summed E-state index contributed by atoms with van der Waals surface area (Å²) in [7, 11) is 3.23. The maximum atomic E-state index is 13.3. The predicted octanol–water partition coefficient (Wildman–Crippen LogP) is 4.67. The molecule has 2 rings (SSSR count). The Morgan fingerprint density at radius 1 is 1.00 bits per heavy atom. The number of hydrogen-bond acceptors (Lipinski definition) is 5. The fourth-order valence-corrected chi connectivity index (χ4v) is 4.04. The van der Waals surface area contributed by atoms with Gasteiger partial charge < -0.3 is 20.1 Å². The van der Waals surface area contributed by atoms with Crippen molar-refractivity contribution < 1.29 is 19.1 Å². The lowest BCUT2D eigenvalue weighted by molar-refractivity contribution is -0.122. The maximum absolute atomic E-state index is 13.3. The average Bonchev–Trinajstić information content (AvgIpc) is 3.24. The summed E-state index contributed by atoms with van der Waals surface area (Å²) in [4.78, 5) is 25.7. The van der Waals surface area contributed by atoms with Gasteiger partial charge in [0.1, 0.15) is 11.5 Å². The Kier molecular flexibility index (Phi) is 10.6. The molecule has 8 nitrogen and oxygen atoms in total. The molecule has 35 heavy (non-hydrogen) atoms. The number of carbonyl (C=O) groups is 2. The minimum atomic E-state index is -0.310. The van der Waals surface area contributed by atoms with E-state index in [1.165, 1.54) is 0 Å². The van der Waals surface area contributed by atoms with Crippen LogP contribution in [0.15, 0.2) is 24.3 Å². The fraction of sp³-hybridized carbons (Fsp3) is 0.593. The molecule has 0 aliphatic rings. The second kappa shape index (κ2) is 13.2. The van der Waals surface area contributed by atoms with E-state index in [4.69, 9.17) is 14.6 Å². The number of benzene rings is 1. The quantitative estimate of drug-likeness (QED) is 0.429. The van der Waals surface area contributed by atoms with Gasteiger partial charge in [-0.1, -0.05) is 46.6 Å². The van der Waals surface area contributed by atoms with E-state index in [0.717, 1.165) is 24.1 Å². The van der Waals surface area contributed by atoms with Gasteiger partial charge in [0.2, 0.25) is 5.91 Å². The van der Waals surface area contributed by atoms with Gasteiger partial charge in [0.15, 0.2) is 5.69 Å². The second-order valence-corrected chi connectivity index (χ2v) is 9.57. The molecule has 1 atom stereocenters. The van der Waals surface area contributed by atoms with E-state index >= 15 is 0 Å². The molecule has 0 aliphatic heterocycles. The van der Waals surface area contributed by atoms with Crippen molar-refractivity contribution in [1.29, 1.82) is 0 Å². The highest BCUT2D eigenvalue weighted by atomic mass is 16.5. The molecule has 1 unspecified atom stereocenters. The minimum absolute atomic E-state index is 0.0465. The van der Waals surface area contributed by atoms with Gasteiger partial charge in [-0.05, 0) is 43.9 Å². The summed E-state index contributed by atoms with van der Waals surface area (Å²) in [6.07, 6.45) is 2.21. The summed E-state index contributed by atoms with van der Waals surface area (Å²) in [5.74, 6) is 1.39. The van der Waals surface area contributed by atoms with Crippen LogP contribution < -0.4 is 20.1 Å². The highest BCUT2D eigenvalue weighted by Gasteiger charge is 2.25. The number of methoxy groups -OCH3 is 2. The third-order valence-electron chi connectivity index (χ3n) is 6.26. The van der Waals surface area contributed by atoms with Gasteiger partial charge in [0, 0.05) is 25.0 Å². The first-order chi connectivity index (χ1) is 16.6. The zero-order valence-corrected chi connectivity index (χ0v) is 22.5. The Morgan fingerprint density at radius 3 is 2.09 bits per heavy atom. The molecule has 1 aromatic heterocycles. The normalized spacial score (nSPS) is 12.2. The lowest BCUT2D eigenvalue weighted by Crippen LogP contribution is -2.43. The van der Waals surface area contributed by atoms with Crippen LogP contribution in [0.5, 0.6) is 11.5 Å². The van der Waals surface area contributed by atoms with Gasteiger partial charge >= 0.3 is 0 Å². The molecule has 0 aliphatic carbocycles. The Balaban J connectivity index is 2.46. The number of carbonyl (C=O) groups excluding carboxylic acids is 2. The van der Waals surface area contributed by atoms with Crippen molar-refractivity contribution in [2.45, 2.75) is 79.4 Å². The molecule has 1 aromatic carbocycles. The molecule has 2 amide bonds. The number of hydrogen-bond donors (Lipinski definition) is 2. The Bertz CT molecular complexity index is 957. The number of nitrogens with zero attached hydrogens (tertiary/aromatic N) is 2. The summed E-state index contributed by atoms with van der Waals surface area (Å²) in [6.45, 7) is 12.8. The van der Waals surface area contributed by atoms with Gasteiger partial charge in [-0.15, -0.1) is 0 Å². The summed E-state index contributed by atoms with van der Waals surface area (Å²) >= 11 is 0. The fourth-order valence-electron chi connectivity index (χ4n) is 4.04. The second-order valence-electron chi connectivity index (χ2n) is 9.57. The van der Waals surface area contributed by atoms with E-state index in [9.17, 15) is 9.59 Å². The molecule has 0 radical (unpaired) electrons. The van der Waals surface area contributed by atoms with E-state index in [1.54, 1.807) is 20.3 Å². The zero-order chi connectivity index (χ0) is 26.1. The zero-order valence-electron chi connectivity index (χ0n) is 22.5. The number of aromatic nitrogens is 2. The van der Waals surface area contributed by atoms with Crippen molar-refractivity contribution in [3.05, 3.63) is 30.0 Å². The van der Waals surface area contributed by atoms with Crippen LogP contribution in [0, 0.1) is 11.8 Å². The Morgan fingerprint density at radius 2 is 1.60 bits per heavy atom. The molecule has 0 fully saturated rings. The molecule has 0 bridgehead atoms. The molecule has 0 spiro atoms. The van der Waals surface area contributed by atoms with Crippen LogP contribution in [0.3, 0.4) is 0 Å². The van der Waals surface area contributed by atoms with Gasteiger partial charge in [-0.2, -0.15) is 5.10 Å². The van der Waals surface area contributed by atoms with E-state index in [1.807, 2.05) is 50.6 Å². The van der Waals surface area contributed by atoms with E-state index in [2.05, 4.69) is 24.5 Å². The topological polar surface area (TPSA) is 94.5 Å². The van der Waals surface area contributed by atoms with Crippen LogP contribution >= 0.6 is 0 Å².